The number of halogens is 1. The fourth-order valence-corrected chi connectivity index (χ4v) is 2.03. The second kappa shape index (κ2) is 6.31. The Kier molecular flexibility index (Phi) is 4.68. The van der Waals surface area contributed by atoms with Crippen LogP contribution in [0.25, 0.3) is 0 Å². The summed E-state index contributed by atoms with van der Waals surface area (Å²) in [6.07, 6.45) is 0. The van der Waals surface area contributed by atoms with Crippen LogP contribution in [0.3, 0.4) is 0 Å². The topological polar surface area (TPSA) is 49.8 Å². The standard InChI is InChI=1S/C16H21ClN4/c1-11-19-14(9-15(20-11)21-16(2,3)4)18-10-12-5-7-13(17)8-6-12/h5-9H,10H2,1-4H3,(H2,18,19,20,21). The van der Waals surface area contributed by atoms with E-state index in [1.54, 1.807) is 0 Å². The molecule has 112 valence electrons. The monoisotopic (exact) mass is 304 g/mol. The summed E-state index contributed by atoms with van der Waals surface area (Å²) < 4.78 is 0. The number of hydrogen-bond donors (Lipinski definition) is 2. The second-order valence-corrected chi connectivity index (χ2v) is 6.48. The van der Waals surface area contributed by atoms with Crippen molar-refractivity contribution >= 4 is 23.2 Å². The van der Waals surface area contributed by atoms with E-state index < -0.39 is 0 Å². The van der Waals surface area contributed by atoms with Crippen LogP contribution in [0.2, 0.25) is 5.02 Å². The van der Waals surface area contributed by atoms with Crippen LogP contribution in [0.5, 0.6) is 0 Å². The van der Waals surface area contributed by atoms with Crippen LogP contribution in [-0.2, 0) is 6.54 Å². The quantitative estimate of drug-likeness (QED) is 0.886. The van der Waals surface area contributed by atoms with Gasteiger partial charge in [-0.25, -0.2) is 9.97 Å². The molecule has 4 nitrogen and oxygen atoms in total. The number of benzene rings is 1. The van der Waals surface area contributed by atoms with Crippen LogP contribution >= 0.6 is 11.6 Å². The summed E-state index contributed by atoms with van der Waals surface area (Å²) in [5.41, 5.74) is 1.12. The molecule has 2 rings (SSSR count). The van der Waals surface area contributed by atoms with Crippen LogP contribution in [0.4, 0.5) is 11.6 Å². The molecule has 0 aliphatic carbocycles. The molecule has 0 amide bonds. The normalized spacial score (nSPS) is 11.3. The first-order chi connectivity index (χ1) is 9.82. The lowest BCUT2D eigenvalue weighted by atomic mass is 10.1. The smallest absolute Gasteiger partial charge is 0.132 e. The van der Waals surface area contributed by atoms with Crippen molar-refractivity contribution < 1.29 is 0 Å². The Morgan fingerprint density at radius 3 is 2.29 bits per heavy atom. The van der Waals surface area contributed by atoms with Gasteiger partial charge in [0.05, 0.1) is 0 Å². The second-order valence-electron chi connectivity index (χ2n) is 6.04. The summed E-state index contributed by atoms with van der Waals surface area (Å²) in [4.78, 5) is 8.81. The Morgan fingerprint density at radius 1 is 1.05 bits per heavy atom. The first kappa shape index (κ1) is 15.6. The van der Waals surface area contributed by atoms with E-state index in [1.165, 1.54) is 0 Å². The van der Waals surface area contributed by atoms with Crippen molar-refractivity contribution in [3.05, 3.63) is 46.7 Å². The molecule has 0 unspecified atom stereocenters. The van der Waals surface area contributed by atoms with Crippen LogP contribution in [-0.4, -0.2) is 15.5 Å². The molecule has 1 heterocycles. The summed E-state index contributed by atoms with van der Waals surface area (Å²) >= 11 is 5.88. The van der Waals surface area contributed by atoms with Crippen molar-refractivity contribution in [1.29, 1.82) is 0 Å². The highest BCUT2D eigenvalue weighted by Gasteiger charge is 2.11. The fourth-order valence-electron chi connectivity index (χ4n) is 1.90. The minimum atomic E-state index is -0.0335. The third kappa shape index (κ3) is 5.23. The van der Waals surface area contributed by atoms with Gasteiger partial charge >= 0.3 is 0 Å². The largest absolute Gasteiger partial charge is 0.366 e. The number of rotatable bonds is 4. The molecule has 5 heteroatoms. The van der Waals surface area contributed by atoms with Crippen LogP contribution < -0.4 is 10.6 Å². The Hall–Kier alpha value is -1.81. The van der Waals surface area contributed by atoms with E-state index in [2.05, 4.69) is 41.4 Å². The number of nitrogens with zero attached hydrogens (tertiary/aromatic N) is 2. The van der Waals surface area contributed by atoms with E-state index >= 15 is 0 Å². The lowest BCUT2D eigenvalue weighted by molar-refractivity contribution is 0.629. The Labute approximate surface area is 131 Å². The molecule has 0 saturated heterocycles. The van der Waals surface area contributed by atoms with Crippen LogP contribution in [0.15, 0.2) is 30.3 Å². The maximum absolute atomic E-state index is 5.88. The molecule has 0 saturated carbocycles. The van der Waals surface area contributed by atoms with Gasteiger partial charge in [-0.3, -0.25) is 0 Å². The van der Waals surface area contributed by atoms with Gasteiger partial charge in [0.15, 0.2) is 0 Å². The van der Waals surface area contributed by atoms with E-state index in [-0.39, 0.29) is 5.54 Å². The molecular weight excluding hydrogens is 284 g/mol. The van der Waals surface area contributed by atoms with Crippen molar-refractivity contribution in [3.63, 3.8) is 0 Å². The number of aromatic nitrogens is 2. The molecule has 2 N–H and O–H groups in total. The average molecular weight is 305 g/mol. The molecule has 2 aromatic rings. The summed E-state index contributed by atoms with van der Waals surface area (Å²) in [7, 11) is 0. The van der Waals surface area contributed by atoms with E-state index in [4.69, 9.17) is 11.6 Å². The van der Waals surface area contributed by atoms with Gasteiger partial charge in [-0.1, -0.05) is 23.7 Å². The molecule has 1 aromatic carbocycles. The van der Waals surface area contributed by atoms with E-state index in [0.717, 1.165) is 28.0 Å². The number of anilines is 2. The fraction of sp³-hybridized carbons (Fsp3) is 0.375. The lowest BCUT2D eigenvalue weighted by Gasteiger charge is -2.21. The third-order valence-corrected chi connectivity index (χ3v) is 2.98. The zero-order valence-corrected chi connectivity index (χ0v) is 13.6. The molecule has 0 aliphatic rings. The summed E-state index contributed by atoms with van der Waals surface area (Å²) in [6, 6.07) is 9.69. The molecule has 0 bridgehead atoms. The van der Waals surface area contributed by atoms with Gasteiger partial charge in [0.25, 0.3) is 0 Å². The molecule has 0 fully saturated rings. The number of hydrogen-bond acceptors (Lipinski definition) is 4. The molecule has 0 radical (unpaired) electrons. The molecular formula is C16H21ClN4. The predicted molar refractivity (Wildman–Crippen MR) is 88.9 cm³/mol. The van der Waals surface area contributed by atoms with E-state index in [9.17, 15) is 0 Å². The minimum absolute atomic E-state index is 0.0335. The highest BCUT2D eigenvalue weighted by atomic mass is 35.5. The van der Waals surface area contributed by atoms with Gasteiger partial charge in [-0.2, -0.15) is 0 Å². The SMILES string of the molecule is Cc1nc(NCc2ccc(Cl)cc2)cc(NC(C)(C)C)n1. The highest BCUT2D eigenvalue weighted by molar-refractivity contribution is 6.30. The van der Waals surface area contributed by atoms with Gasteiger partial charge < -0.3 is 10.6 Å². The maximum atomic E-state index is 5.88. The Morgan fingerprint density at radius 2 is 1.67 bits per heavy atom. The highest BCUT2D eigenvalue weighted by Crippen LogP contribution is 2.17. The van der Waals surface area contributed by atoms with Crippen LogP contribution in [0, 0.1) is 6.92 Å². The molecule has 0 aliphatic heterocycles. The van der Waals surface area contributed by atoms with E-state index in [1.807, 2.05) is 37.3 Å². The number of nitrogens with one attached hydrogen (secondary N) is 2. The maximum Gasteiger partial charge on any atom is 0.132 e. The third-order valence-electron chi connectivity index (χ3n) is 2.73. The van der Waals surface area contributed by atoms with Crippen molar-refractivity contribution in [2.75, 3.05) is 10.6 Å². The van der Waals surface area contributed by atoms with Crippen molar-refractivity contribution in [2.45, 2.75) is 39.8 Å². The summed E-state index contributed by atoms with van der Waals surface area (Å²) in [6.45, 7) is 8.89. The Balaban J connectivity index is 2.07. The summed E-state index contributed by atoms with van der Waals surface area (Å²) in [5.74, 6) is 2.38. The number of aryl methyl sites for hydroxylation is 1. The average Bonchev–Trinajstić information content (AvgIpc) is 2.35. The summed E-state index contributed by atoms with van der Waals surface area (Å²) in [5, 5.41) is 7.42. The zero-order chi connectivity index (χ0) is 15.5. The first-order valence-corrected chi connectivity index (χ1v) is 7.32. The van der Waals surface area contributed by atoms with E-state index in [0.29, 0.717) is 6.54 Å². The zero-order valence-electron chi connectivity index (χ0n) is 12.9. The molecule has 21 heavy (non-hydrogen) atoms. The van der Waals surface area contributed by atoms with Crippen molar-refractivity contribution in [3.8, 4) is 0 Å². The predicted octanol–water partition coefficient (Wildman–Crippen LogP) is 4.26. The first-order valence-electron chi connectivity index (χ1n) is 6.94. The van der Waals surface area contributed by atoms with Gasteiger partial charge in [-0.05, 0) is 45.4 Å². The lowest BCUT2D eigenvalue weighted by Crippen LogP contribution is -2.27. The minimum Gasteiger partial charge on any atom is -0.366 e. The molecule has 0 atom stereocenters. The molecule has 0 spiro atoms. The van der Waals surface area contributed by atoms with Crippen molar-refractivity contribution in [2.24, 2.45) is 0 Å². The van der Waals surface area contributed by atoms with Gasteiger partial charge in [0.2, 0.25) is 0 Å². The Bertz CT molecular complexity index is 603. The van der Waals surface area contributed by atoms with Gasteiger partial charge in [0.1, 0.15) is 17.5 Å². The molecule has 1 aromatic heterocycles. The van der Waals surface area contributed by atoms with Gasteiger partial charge in [-0.15, -0.1) is 0 Å². The van der Waals surface area contributed by atoms with Crippen LogP contribution in [0.1, 0.15) is 32.2 Å². The van der Waals surface area contributed by atoms with Crippen molar-refractivity contribution in [1.82, 2.24) is 9.97 Å². The van der Waals surface area contributed by atoms with Gasteiger partial charge in [0, 0.05) is 23.2 Å².